The summed E-state index contributed by atoms with van der Waals surface area (Å²) in [6.45, 7) is 3.81. The SMILES string of the molecule is CCOc1nc(N)nc2ccc(-c3ccc(C(=O)NCCN(C)C)cc3)cc12. The number of nitrogens with zero attached hydrogens (tertiary/aromatic N) is 3. The molecule has 7 nitrogen and oxygen atoms in total. The number of hydrogen-bond donors (Lipinski definition) is 2. The molecule has 7 heteroatoms. The van der Waals surface area contributed by atoms with Crippen LogP contribution in [0.1, 0.15) is 17.3 Å². The number of ether oxygens (including phenoxy) is 1. The largest absolute Gasteiger partial charge is 0.477 e. The van der Waals surface area contributed by atoms with Crippen molar-refractivity contribution in [2.75, 3.05) is 39.5 Å². The fourth-order valence-corrected chi connectivity index (χ4v) is 2.85. The van der Waals surface area contributed by atoms with Gasteiger partial charge in [-0.15, -0.1) is 0 Å². The van der Waals surface area contributed by atoms with Crippen molar-refractivity contribution >= 4 is 22.8 Å². The topological polar surface area (TPSA) is 93.4 Å². The number of rotatable bonds is 7. The molecule has 0 aliphatic carbocycles. The van der Waals surface area contributed by atoms with Crippen LogP contribution in [0.4, 0.5) is 5.95 Å². The second kappa shape index (κ2) is 8.67. The van der Waals surface area contributed by atoms with Crippen molar-refractivity contribution in [2.24, 2.45) is 0 Å². The van der Waals surface area contributed by atoms with Gasteiger partial charge in [0.2, 0.25) is 11.8 Å². The monoisotopic (exact) mass is 379 g/mol. The van der Waals surface area contributed by atoms with Crippen molar-refractivity contribution in [1.82, 2.24) is 20.2 Å². The first-order valence-corrected chi connectivity index (χ1v) is 9.21. The van der Waals surface area contributed by atoms with Gasteiger partial charge in [0.1, 0.15) is 0 Å². The molecule has 3 aromatic rings. The zero-order valence-electron chi connectivity index (χ0n) is 16.4. The number of aromatic nitrogens is 2. The predicted octanol–water partition coefficient (Wildman–Crippen LogP) is 2.57. The molecule has 0 atom stereocenters. The van der Waals surface area contributed by atoms with Gasteiger partial charge in [0.25, 0.3) is 5.91 Å². The molecular formula is C21H25N5O2. The van der Waals surface area contributed by atoms with E-state index in [1.54, 1.807) is 0 Å². The van der Waals surface area contributed by atoms with Crippen LogP contribution in [0.2, 0.25) is 0 Å². The van der Waals surface area contributed by atoms with Gasteiger partial charge in [-0.05, 0) is 56.4 Å². The molecule has 1 amide bonds. The van der Waals surface area contributed by atoms with Gasteiger partial charge >= 0.3 is 0 Å². The summed E-state index contributed by atoms with van der Waals surface area (Å²) in [5.41, 5.74) is 9.10. The number of benzene rings is 2. The minimum atomic E-state index is -0.0746. The van der Waals surface area contributed by atoms with Crippen LogP contribution in [-0.2, 0) is 0 Å². The minimum Gasteiger partial charge on any atom is -0.477 e. The Labute approximate surface area is 164 Å². The summed E-state index contributed by atoms with van der Waals surface area (Å²) in [6.07, 6.45) is 0. The molecule has 0 saturated carbocycles. The van der Waals surface area contributed by atoms with E-state index in [1.807, 2.05) is 68.4 Å². The zero-order chi connectivity index (χ0) is 20.1. The average Bonchev–Trinajstić information content (AvgIpc) is 2.67. The molecule has 0 fully saturated rings. The van der Waals surface area contributed by atoms with Crippen LogP contribution in [0.5, 0.6) is 5.88 Å². The Morgan fingerprint density at radius 2 is 1.82 bits per heavy atom. The second-order valence-electron chi connectivity index (χ2n) is 6.69. The minimum absolute atomic E-state index is 0.0746. The average molecular weight is 379 g/mol. The summed E-state index contributed by atoms with van der Waals surface area (Å²) in [5, 5.41) is 3.72. The number of carbonyl (C=O) groups is 1. The van der Waals surface area contributed by atoms with E-state index in [1.165, 1.54) is 0 Å². The molecule has 0 unspecified atom stereocenters. The number of nitrogens with one attached hydrogen (secondary N) is 1. The van der Waals surface area contributed by atoms with E-state index in [4.69, 9.17) is 10.5 Å². The Hall–Kier alpha value is -3.19. The van der Waals surface area contributed by atoms with E-state index < -0.39 is 0 Å². The van der Waals surface area contributed by atoms with Gasteiger partial charge < -0.3 is 20.7 Å². The molecule has 0 bridgehead atoms. The number of hydrogen-bond acceptors (Lipinski definition) is 6. The van der Waals surface area contributed by atoms with Gasteiger partial charge in [-0.1, -0.05) is 18.2 Å². The number of amides is 1. The molecule has 1 aromatic heterocycles. The number of fused-ring (bicyclic) bond motifs is 1. The van der Waals surface area contributed by atoms with Crippen LogP contribution < -0.4 is 15.8 Å². The highest BCUT2D eigenvalue weighted by Gasteiger charge is 2.10. The maximum atomic E-state index is 12.2. The predicted molar refractivity (Wildman–Crippen MR) is 111 cm³/mol. The van der Waals surface area contributed by atoms with Crippen molar-refractivity contribution in [3.05, 3.63) is 48.0 Å². The molecule has 0 saturated heterocycles. The highest BCUT2D eigenvalue weighted by atomic mass is 16.5. The quantitative estimate of drug-likeness (QED) is 0.655. The van der Waals surface area contributed by atoms with E-state index in [0.29, 0.717) is 24.6 Å². The Balaban J connectivity index is 1.83. The normalized spacial score (nSPS) is 11.0. The van der Waals surface area contributed by atoms with Gasteiger partial charge in [0.15, 0.2) is 0 Å². The first kappa shape index (κ1) is 19.6. The third-order valence-corrected chi connectivity index (χ3v) is 4.28. The van der Waals surface area contributed by atoms with E-state index in [2.05, 4.69) is 15.3 Å². The lowest BCUT2D eigenvalue weighted by Gasteiger charge is -2.11. The second-order valence-corrected chi connectivity index (χ2v) is 6.69. The first-order chi connectivity index (χ1) is 13.5. The molecule has 0 aliphatic rings. The van der Waals surface area contributed by atoms with Gasteiger partial charge in [-0.25, -0.2) is 4.98 Å². The third-order valence-electron chi connectivity index (χ3n) is 4.28. The molecule has 28 heavy (non-hydrogen) atoms. The molecule has 1 heterocycles. The number of carbonyl (C=O) groups excluding carboxylic acids is 1. The fourth-order valence-electron chi connectivity index (χ4n) is 2.85. The fraction of sp³-hybridized carbons (Fsp3) is 0.286. The number of likely N-dealkylation sites (N-methyl/N-ethyl adjacent to an activating group) is 1. The Kier molecular flexibility index (Phi) is 6.06. The summed E-state index contributed by atoms with van der Waals surface area (Å²) in [4.78, 5) is 22.7. The number of anilines is 1. The van der Waals surface area contributed by atoms with Crippen LogP contribution in [0.25, 0.3) is 22.0 Å². The molecule has 0 aliphatic heterocycles. The maximum Gasteiger partial charge on any atom is 0.251 e. The van der Waals surface area contributed by atoms with Crippen molar-refractivity contribution in [2.45, 2.75) is 6.92 Å². The lowest BCUT2D eigenvalue weighted by atomic mass is 10.0. The molecule has 0 spiro atoms. The van der Waals surface area contributed by atoms with E-state index in [-0.39, 0.29) is 11.9 Å². The van der Waals surface area contributed by atoms with Crippen molar-refractivity contribution < 1.29 is 9.53 Å². The maximum absolute atomic E-state index is 12.2. The van der Waals surface area contributed by atoms with Gasteiger partial charge in [0.05, 0.1) is 17.5 Å². The zero-order valence-corrected chi connectivity index (χ0v) is 16.4. The van der Waals surface area contributed by atoms with Crippen LogP contribution in [0.15, 0.2) is 42.5 Å². The van der Waals surface area contributed by atoms with E-state index in [9.17, 15) is 4.79 Å². The summed E-state index contributed by atoms with van der Waals surface area (Å²) in [7, 11) is 3.95. The van der Waals surface area contributed by atoms with Crippen LogP contribution in [-0.4, -0.2) is 54.6 Å². The highest BCUT2D eigenvalue weighted by molar-refractivity contribution is 5.95. The van der Waals surface area contributed by atoms with Gasteiger partial charge in [0, 0.05) is 18.7 Å². The van der Waals surface area contributed by atoms with Crippen LogP contribution in [0.3, 0.4) is 0 Å². The lowest BCUT2D eigenvalue weighted by molar-refractivity contribution is 0.0951. The van der Waals surface area contributed by atoms with Gasteiger partial charge in [-0.3, -0.25) is 4.79 Å². The third kappa shape index (κ3) is 4.55. The Morgan fingerprint density at radius 3 is 2.50 bits per heavy atom. The molecule has 3 N–H and O–H groups in total. The number of nitrogen functional groups attached to an aromatic ring is 1. The smallest absolute Gasteiger partial charge is 0.251 e. The van der Waals surface area contributed by atoms with Gasteiger partial charge in [-0.2, -0.15) is 4.98 Å². The standard InChI is InChI=1S/C21H25N5O2/c1-4-28-20-17-13-16(9-10-18(17)24-21(22)25-20)14-5-7-15(8-6-14)19(27)23-11-12-26(2)3/h5-10,13H,4,11-12H2,1-3H3,(H,23,27)(H2,22,24,25). The molecule has 0 radical (unpaired) electrons. The van der Waals surface area contributed by atoms with Crippen LogP contribution >= 0.6 is 0 Å². The van der Waals surface area contributed by atoms with Crippen molar-refractivity contribution in [3.8, 4) is 17.0 Å². The highest BCUT2D eigenvalue weighted by Crippen LogP contribution is 2.29. The molecule has 2 aromatic carbocycles. The van der Waals surface area contributed by atoms with E-state index >= 15 is 0 Å². The Morgan fingerprint density at radius 1 is 1.11 bits per heavy atom. The lowest BCUT2D eigenvalue weighted by Crippen LogP contribution is -2.31. The van der Waals surface area contributed by atoms with Crippen molar-refractivity contribution in [1.29, 1.82) is 0 Å². The summed E-state index contributed by atoms with van der Waals surface area (Å²) < 4.78 is 5.61. The number of nitrogens with two attached hydrogens (primary N) is 1. The molecule has 3 rings (SSSR count). The van der Waals surface area contributed by atoms with Crippen molar-refractivity contribution in [3.63, 3.8) is 0 Å². The molecule has 146 valence electrons. The summed E-state index contributed by atoms with van der Waals surface area (Å²) >= 11 is 0. The molecular weight excluding hydrogens is 354 g/mol. The van der Waals surface area contributed by atoms with E-state index in [0.717, 1.165) is 28.6 Å². The first-order valence-electron chi connectivity index (χ1n) is 9.21. The Bertz CT molecular complexity index is 970. The van der Waals surface area contributed by atoms with Crippen LogP contribution in [0, 0.1) is 0 Å². The summed E-state index contributed by atoms with van der Waals surface area (Å²) in [5.74, 6) is 0.589. The summed E-state index contributed by atoms with van der Waals surface area (Å²) in [6, 6.07) is 13.4.